The predicted octanol–water partition coefficient (Wildman–Crippen LogP) is 1.00. The molecule has 12 nitrogen and oxygen atoms in total. The zero-order valence-corrected chi connectivity index (χ0v) is 22.5. The van der Waals surface area contributed by atoms with E-state index in [9.17, 15) is 20.0 Å². The highest BCUT2D eigenvalue weighted by atomic mass is 16.8. The van der Waals surface area contributed by atoms with Crippen molar-refractivity contribution in [1.82, 2.24) is 15.1 Å². The van der Waals surface area contributed by atoms with Crippen LogP contribution in [0.25, 0.3) is 0 Å². The van der Waals surface area contributed by atoms with Gasteiger partial charge in [0.1, 0.15) is 18.2 Å². The molecule has 1 aromatic heterocycles. The van der Waals surface area contributed by atoms with Crippen LogP contribution in [0.4, 0.5) is 0 Å². The lowest BCUT2D eigenvalue weighted by molar-refractivity contribution is -0.297. The molecule has 5 rings (SSSR count). The van der Waals surface area contributed by atoms with Crippen molar-refractivity contribution in [3.8, 4) is 6.07 Å². The molecule has 0 radical (unpaired) electrons. The fourth-order valence-electron chi connectivity index (χ4n) is 6.02. The molecule has 4 fully saturated rings. The van der Waals surface area contributed by atoms with E-state index >= 15 is 0 Å². The number of fused-ring (bicyclic) bond motifs is 1. The van der Waals surface area contributed by atoms with Crippen molar-refractivity contribution in [3.63, 3.8) is 0 Å². The third-order valence-electron chi connectivity index (χ3n) is 7.97. The van der Waals surface area contributed by atoms with Gasteiger partial charge in [-0.2, -0.15) is 5.26 Å². The second-order valence-electron chi connectivity index (χ2n) is 11.2. The van der Waals surface area contributed by atoms with E-state index in [1.54, 1.807) is 24.8 Å². The van der Waals surface area contributed by atoms with Crippen LogP contribution >= 0.6 is 0 Å². The molecule has 0 bridgehead atoms. The summed E-state index contributed by atoms with van der Waals surface area (Å²) < 4.78 is 29.0. The third kappa shape index (κ3) is 6.14. The van der Waals surface area contributed by atoms with Crippen LogP contribution in [-0.2, 0) is 23.7 Å². The summed E-state index contributed by atoms with van der Waals surface area (Å²) in [4.78, 5) is 29.0. The highest BCUT2D eigenvalue weighted by Gasteiger charge is 2.62. The molecular weight excluding hydrogens is 508 g/mol. The number of piperidine rings is 2. The number of nitrogens with one attached hydrogen (secondary N) is 1. The molecule has 1 unspecified atom stereocenters. The lowest BCUT2D eigenvalue weighted by atomic mass is 9.95. The van der Waals surface area contributed by atoms with Crippen molar-refractivity contribution in [2.45, 2.75) is 87.9 Å². The zero-order valence-electron chi connectivity index (χ0n) is 22.5. The molecule has 5 heterocycles. The molecule has 1 amide bonds. The number of carbonyl (C=O) groups excluding carboxylic acids is 2. The average Bonchev–Trinajstić information content (AvgIpc) is 3.56. The van der Waals surface area contributed by atoms with E-state index in [1.165, 1.54) is 12.3 Å². The topological polar surface area (TPSA) is 147 Å². The Balaban J connectivity index is 1.14. The van der Waals surface area contributed by atoms with Crippen molar-refractivity contribution in [2.75, 3.05) is 39.3 Å². The van der Waals surface area contributed by atoms with E-state index in [4.69, 9.17) is 23.4 Å². The van der Waals surface area contributed by atoms with Gasteiger partial charge in [0.2, 0.25) is 17.5 Å². The maximum atomic E-state index is 12.7. The van der Waals surface area contributed by atoms with Crippen LogP contribution in [0.5, 0.6) is 0 Å². The van der Waals surface area contributed by atoms with Gasteiger partial charge in [0.05, 0.1) is 32.0 Å². The Hall–Kier alpha value is -2.53. The van der Waals surface area contributed by atoms with E-state index in [0.717, 1.165) is 45.2 Å². The molecule has 0 aliphatic carbocycles. The molecule has 39 heavy (non-hydrogen) atoms. The molecule has 214 valence electrons. The molecule has 0 spiro atoms. The molecular formula is C27H38N4O8. The van der Waals surface area contributed by atoms with Crippen molar-refractivity contribution in [2.24, 2.45) is 0 Å². The third-order valence-corrected chi connectivity index (χ3v) is 7.97. The summed E-state index contributed by atoms with van der Waals surface area (Å²) in [5.74, 6) is -2.87. The Kier molecular flexibility index (Phi) is 8.28. The number of amides is 1. The lowest BCUT2D eigenvalue weighted by Gasteiger charge is -2.45. The molecule has 0 saturated carbocycles. The minimum absolute atomic E-state index is 0.0176. The second-order valence-corrected chi connectivity index (χ2v) is 11.2. The van der Waals surface area contributed by atoms with Crippen LogP contribution < -0.4 is 5.32 Å². The van der Waals surface area contributed by atoms with Crippen LogP contribution in [0.15, 0.2) is 22.8 Å². The van der Waals surface area contributed by atoms with Gasteiger partial charge in [-0.05, 0) is 71.2 Å². The molecule has 12 heteroatoms. The number of esters is 1. The number of rotatable bonds is 7. The predicted molar refractivity (Wildman–Crippen MR) is 135 cm³/mol. The van der Waals surface area contributed by atoms with Crippen LogP contribution in [0.1, 0.15) is 56.5 Å². The monoisotopic (exact) mass is 546 g/mol. The number of nitrogens with zero attached hydrogens (tertiary/aromatic N) is 3. The summed E-state index contributed by atoms with van der Waals surface area (Å²) >= 11 is 0. The van der Waals surface area contributed by atoms with Crippen molar-refractivity contribution < 1.29 is 38.1 Å². The van der Waals surface area contributed by atoms with Gasteiger partial charge in [0, 0.05) is 12.6 Å². The first-order valence-corrected chi connectivity index (χ1v) is 13.8. The summed E-state index contributed by atoms with van der Waals surface area (Å²) in [6.07, 6.45) is 2.75. The van der Waals surface area contributed by atoms with Gasteiger partial charge in [-0.15, -0.1) is 0 Å². The van der Waals surface area contributed by atoms with Crippen molar-refractivity contribution in [3.05, 3.63) is 24.2 Å². The SMILES string of the molecule is CC1(C)O[C@H]2[C@H](O)C(OC(=O)c3ccco3)CO[C@@]2(CN2CCC(NCC(=O)N3CCCC[C@H]3C#N)CC2)O1. The van der Waals surface area contributed by atoms with Gasteiger partial charge in [-0.25, -0.2) is 4.79 Å². The first kappa shape index (κ1) is 28.0. The molecule has 4 saturated heterocycles. The van der Waals surface area contributed by atoms with E-state index in [-0.39, 0.29) is 36.9 Å². The lowest BCUT2D eigenvalue weighted by Crippen LogP contribution is -2.64. The molecule has 4 aliphatic rings. The van der Waals surface area contributed by atoms with Gasteiger partial charge >= 0.3 is 5.97 Å². The van der Waals surface area contributed by atoms with E-state index in [2.05, 4.69) is 16.3 Å². The van der Waals surface area contributed by atoms with Crippen LogP contribution in [-0.4, -0.2) is 108 Å². The molecule has 5 atom stereocenters. The van der Waals surface area contributed by atoms with Gasteiger partial charge in [-0.1, -0.05) is 0 Å². The Morgan fingerprint density at radius 2 is 2.03 bits per heavy atom. The summed E-state index contributed by atoms with van der Waals surface area (Å²) in [7, 11) is 0. The Bertz CT molecular complexity index is 1050. The van der Waals surface area contributed by atoms with Crippen LogP contribution in [0.3, 0.4) is 0 Å². The van der Waals surface area contributed by atoms with Crippen molar-refractivity contribution >= 4 is 11.9 Å². The van der Waals surface area contributed by atoms with Gasteiger partial charge in [0.25, 0.3) is 0 Å². The van der Waals surface area contributed by atoms with Gasteiger partial charge in [-0.3, -0.25) is 9.69 Å². The summed E-state index contributed by atoms with van der Waals surface area (Å²) in [5, 5.41) is 23.9. The van der Waals surface area contributed by atoms with Gasteiger partial charge in [0.15, 0.2) is 11.9 Å². The second kappa shape index (κ2) is 11.5. The number of furan rings is 1. The fourth-order valence-corrected chi connectivity index (χ4v) is 6.02. The van der Waals surface area contributed by atoms with E-state index in [0.29, 0.717) is 13.1 Å². The Labute approximate surface area is 228 Å². The molecule has 1 aromatic rings. The van der Waals surface area contributed by atoms with Crippen LogP contribution in [0.2, 0.25) is 0 Å². The normalized spacial score (nSPS) is 33.3. The standard InChI is InChI=1S/C27H38N4O8/c1-26(2)38-24-23(33)21(37-25(34)20-7-5-13-35-20)16-36-27(24,39-26)17-30-11-8-18(9-12-30)29-15-22(32)31-10-4-3-6-19(31)14-28/h5,7,13,18-19,21,23-24,29,33H,3-4,6,8-12,15-17H2,1-2H3/t19-,21?,23+,24-,27-/m0/s1. The number of likely N-dealkylation sites (tertiary alicyclic amines) is 2. The largest absolute Gasteiger partial charge is 0.457 e. The number of aliphatic hydroxyl groups excluding tert-OH is 1. The number of hydrogen-bond donors (Lipinski definition) is 2. The fraction of sp³-hybridized carbons (Fsp3) is 0.741. The highest BCUT2D eigenvalue weighted by molar-refractivity contribution is 5.86. The minimum Gasteiger partial charge on any atom is -0.457 e. The van der Waals surface area contributed by atoms with E-state index < -0.39 is 35.9 Å². The number of hydrogen-bond acceptors (Lipinski definition) is 11. The number of ether oxygens (including phenoxy) is 4. The zero-order chi connectivity index (χ0) is 27.6. The summed E-state index contributed by atoms with van der Waals surface area (Å²) in [6, 6.07) is 5.19. The number of carbonyl (C=O) groups is 2. The smallest absolute Gasteiger partial charge is 0.374 e. The minimum atomic E-state index is -1.21. The summed E-state index contributed by atoms with van der Waals surface area (Å²) in [5.41, 5.74) is 0. The van der Waals surface area contributed by atoms with Crippen LogP contribution in [0, 0.1) is 11.3 Å². The molecule has 0 aromatic carbocycles. The molecule has 4 aliphatic heterocycles. The van der Waals surface area contributed by atoms with Gasteiger partial charge < -0.3 is 38.7 Å². The first-order chi connectivity index (χ1) is 18.7. The summed E-state index contributed by atoms with van der Waals surface area (Å²) in [6.45, 7) is 6.21. The van der Waals surface area contributed by atoms with Crippen molar-refractivity contribution in [1.29, 1.82) is 5.26 Å². The Morgan fingerprint density at radius 1 is 1.23 bits per heavy atom. The Morgan fingerprint density at radius 3 is 2.74 bits per heavy atom. The highest BCUT2D eigenvalue weighted by Crippen LogP contribution is 2.43. The number of aliphatic hydroxyl groups is 1. The maximum absolute atomic E-state index is 12.7. The average molecular weight is 547 g/mol. The van der Waals surface area contributed by atoms with E-state index in [1.807, 2.05) is 0 Å². The maximum Gasteiger partial charge on any atom is 0.374 e. The molecule has 2 N–H and O–H groups in total. The first-order valence-electron chi connectivity index (χ1n) is 13.8. The quantitative estimate of drug-likeness (QED) is 0.472. The number of nitriles is 1.